The minimum Gasteiger partial charge on any atom is -0.486 e. The highest BCUT2D eigenvalue weighted by Gasteiger charge is 2.19. The molecule has 0 unspecified atom stereocenters. The summed E-state index contributed by atoms with van der Waals surface area (Å²) in [6.07, 6.45) is 7.59. The summed E-state index contributed by atoms with van der Waals surface area (Å²) in [4.78, 5) is 18.4. The second-order valence-electron chi connectivity index (χ2n) is 6.44. The Bertz CT molecular complexity index is 1000. The van der Waals surface area contributed by atoms with Gasteiger partial charge in [-0.15, -0.1) is 0 Å². The quantitative estimate of drug-likeness (QED) is 0.518. The second-order valence-corrected chi connectivity index (χ2v) is 6.44. The molecule has 28 heavy (non-hydrogen) atoms. The second kappa shape index (κ2) is 9.13. The van der Waals surface area contributed by atoms with Gasteiger partial charge in [0.15, 0.2) is 11.6 Å². The van der Waals surface area contributed by atoms with Gasteiger partial charge in [-0.1, -0.05) is 37.6 Å². The topological polar surface area (TPSA) is 42.4 Å². The Balaban J connectivity index is 1.79. The zero-order chi connectivity index (χ0) is 19.9. The van der Waals surface area contributed by atoms with Gasteiger partial charge < -0.3 is 9.64 Å². The van der Waals surface area contributed by atoms with Crippen LogP contribution in [-0.2, 0) is 0 Å². The Labute approximate surface area is 164 Å². The van der Waals surface area contributed by atoms with Crippen LogP contribution in [0.25, 0.3) is 10.9 Å². The van der Waals surface area contributed by atoms with Crippen molar-refractivity contribution in [2.45, 2.75) is 19.8 Å². The molecule has 144 valence electrons. The SMILES string of the molecule is CCCC=CCOc1cccc(N(C)C(=O)c2ccc3ncccc3c2)c1F. The summed E-state index contributed by atoms with van der Waals surface area (Å²) >= 11 is 0. The molecule has 1 heterocycles. The first-order valence-corrected chi connectivity index (χ1v) is 9.31. The van der Waals surface area contributed by atoms with E-state index in [1.807, 2.05) is 24.3 Å². The van der Waals surface area contributed by atoms with E-state index in [1.165, 1.54) is 4.90 Å². The van der Waals surface area contributed by atoms with Crippen LogP contribution < -0.4 is 9.64 Å². The molecule has 0 bridgehead atoms. The number of nitrogens with zero attached hydrogens (tertiary/aromatic N) is 2. The van der Waals surface area contributed by atoms with Gasteiger partial charge in [-0.05, 0) is 42.8 Å². The van der Waals surface area contributed by atoms with Crippen molar-refractivity contribution in [2.24, 2.45) is 0 Å². The molecular weight excluding hydrogens is 355 g/mol. The van der Waals surface area contributed by atoms with E-state index >= 15 is 0 Å². The van der Waals surface area contributed by atoms with Crippen molar-refractivity contribution in [1.82, 2.24) is 4.98 Å². The maximum atomic E-state index is 14.9. The zero-order valence-electron chi connectivity index (χ0n) is 16.1. The van der Waals surface area contributed by atoms with Crippen LogP contribution in [0.1, 0.15) is 30.1 Å². The van der Waals surface area contributed by atoms with Gasteiger partial charge >= 0.3 is 0 Å². The highest BCUT2D eigenvalue weighted by atomic mass is 19.1. The van der Waals surface area contributed by atoms with Crippen LogP contribution in [-0.4, -0.2) is 24.5 Å². The Morgan fingerprint density at radius 1 is 1.18 bits per heavy atom. The fourth-order valence-corrected chi connectivity index (χ4v) is 2.87. The fourth-order valence-electron chi connectivity index (χ4n) is 2.87. The summed E-state index contributed by atoms with van der Waals surface area (Å²) in [5.41, 5.74) is 1.45. The van der Waals surface area contributed by atoms with Gasteiger partial charge in [0.2, 0.25) is 0 Å². The molecule has 0 saturated heterocycles. The number of carbonyl (C=O) groups is 1. The number of ether oxygens (including phenoxy) is 1. The third-order valence-corrected chi connectivity index (χ3v) is 4.42. The van der Waals surface area contributed by atoms with Crippen molar-refractivity contribution in [3.8, 4) is 5.75 Å². The maximum absolute atomic E-state index is 14.9. The van der Waals surface area contributed by atoms with Gasteiger partial charge in [-0.25, -0.2) is 4.39 Å². The van der Waals surface area contributed by atoms with Crippen LogP contribution >= 0.6 is 0 Å². The molecule has 0 aliphatic heterocycles. The summed E-state index contributed by atoms with van der Waals surface area (Å²) in [7, 11) is 1.55. The number of allylic oxidation sites excluding steroid dienone is 1. The Morgan fingerprint density at radius 3 is 2.86 bits per heavy atom. The third-order valence-electron chi connectivity index (χ3n) is 4.42. The monoisotopic (exact) mass is 378 g/mol. The average Bonchev–Trinajstić information content (AvgIpc) is 2.73. The van der Waals surface area contributed by atoms with Crippen LogP contribution in [0, 0.1) is 5.82 Å². The van der Waals surface area contributed by atoms with E-state index in [9.17, 15) is 9.18 Å². The number of anilines is 1. The van der Waals surface area contributed by atoms with E-state index in [2.05, 4.69) is 11.9 Å². The van der Waals surface area contributed by atoms with E-state index < -0.39 is 5.82 Å². The number of unbranched alkanes of at least 4 members (excludes halogenated alkanes) is 1. The molecule has 2 aromatic carbocycles. The molecule has 3 rings (SSSR count). The minimum atomic E-state index is -0.551. The number of carbonyl (C=O) groups excluding carboxylic acids is 1. The number of hydrogen-bond donors (Lipinski definition) is 0. The zero-order valence-corrected chi connectivity index (χ0v) is 16.1. The van der Waals surface area contributed by atoms with Crippen molar-refractivity contribution in [3.63, 3.8) is 0 Å². The number of rotatable bonds is 7. The summed E-state index contributed by atoms with van der Waals surface area (Å²) in [5.74, 6) is -0.727. The molecule has 0 saturated carbocycles. The molecule has 0 N–H and O–H groups in total. The first kappa shape index (κ1) is 19.5. The predicted octanol–water partition coefficient (Wildman–Crippen LogP) is 5.39. The molecule has 0 fully saturated rings. The molecule has 1 aromatic heterocycles. The molecule has 0 radical (unpaired) electrons. The van der Waals surface area contributed by atoms with E-state index in [1.54, 1.807) is 49.6 Å². The Hall–Kier alpha value is -3.21. The lowest BCUT2D eigenvalue weighted by molar-refractivity contribution is 0.0992. The minimum absolute atomic E-state index is 0.126. The molecule has 0 aliphatic carbocycles. The standard InChI is InChI=1S/C23H23FN2O2/c1-3-4-5-6-15-28-21-11-7-10-20(22(21)24)26(2)23(27)18-12-13-19-17(16-18)9-8-14-25-19/h5-14,16H,3-4,15H2,1-2H3. The highest BCUT2D eigenvalue weighted by Crippen LogP contribution is 2.28. The molecule has 0 aliphatic rings. The Kier molecular flexibility index (Phi) is 6.37. The summed E-state index contributed by atoms with van der Waals surface area (Å²) in [6.45, 7) is 2.38. The van der Waals surface area contributed by atoms with E-state index in [0.717, 1.165) is 23.7 Å². The summed E-state index contributed by atoms with van der Waals surface area (Å²) in [6, 6.07) is 13.8. The van der Waals surface area contributed by atoms with E-state index in [0.29, 0.717) is 5.56 Å². The lowest BCUT2D eigenvalue weighted by Crippen LogP contribution is -2.27. The first-order chi connectivity index (χ1) is 13.6. The highest BCUT2D eigenvalue weighted by molar-refractivity contribution is 6.07. The number of pyridine rings is 1. The smallest absolute Gasteiger partial charge is 0.258 e. The van der Waals surface area contributed by atoms with Gasteiger partial charge in [0.25, 0.3) is 5.91 Å². The number of halogens is 1. The number of fused-ring (bicyclic) bond motifs is 1. The van der Waals surface area contributed by atoms with Gasteiger partial charge in [0.05, 0.1) is 11.2 Å². The number of benzene rings is 2. The van der Waals surface area contributed by atoms with Crippen molar-refractivity contribution >= 4 is 22.5 Å². The van der Waals surface area contributed by atoms with Crippen molar-refractivity contribution in [3.05, 3.63) is 78.3 Å². The largest absolute Gasteiger partial charge is 0.486 e. The average molecular weight is 378 g/mol. The predicted molar refractivity (Wildman–Crippen MR) is 110 cm³/mol. The first-order valence-electron chi connectivity index (χ1n) is 9.31. The van der Waals surface area contributed by atoms with Gasteiger partial charge in [0, 0.05) is 24.2 Å². The molecule has 0 spiro atoms. The molecule has 1 amide bonds. The van der Waals surface area contributed by atoms with Crippen molar-refractivity contribution in [2.75, 3.05) is 18.6 Å². The lowest BCUT2D eigenvalue weighted by Gasteiger charge is -2.19. The molecule has 3 aromatic rings. The van der Waals surface area contributed by atoms with Gasteiger partial charge in [-0.2, -0.15) is 0 Å². The van der Waals surface area contributed by atoms with Gasteiger partial charge in [0.1, 0.15) is 6.61 Å². The molecule has 4 nitrogen and oxygen atoms in total. The summed E-state index contributed by atoms with van der Waals surface area (Å²) < 4.78 is 20.4. The Morgan fingerprint density at radius 2 is 2.04 bits per heavy atom. The van der Waals surface area contributed by atoms with E-state index in [-0.39, 0.29) is 24.0 Å². The summed E-state index contributed by atoms with van der Waals surface area (Å²) in [5, 5.41) is 0.859. The van der Waals surface area contributed by atoms with Crippen LogP contribution in [0.15, 0.2) is 66.9 Å². The van der Waals surface area contributed by atoms with Crippen molar-refractivity contribution < 1.29 is 13.9 Å². The van der Waals surface area contributed by atoms with Crippen LogP contribution in [0.3, 0.4) is 0 Å². The molecule has 5 heteroatoms. The third kappa shape index (κ3) is 4.36. The maximum Gasteiger partial charge on any atom is 0.258 e. The number of aromatic nitrogens is 1. The molecule has 0 atom stereocenters. The van der Waals surface area contributed by atoms with Crippen molar-refractivity contribution in [1.29, 1.82) is 0 Å². The fraction of sp³-hybridized carbons (Fsp3) is 0.217. The van der Waals surface area contributed by atoms with Crippen LogP contribution in [0.4, 0.5) is 10.1 Å². The van der Waals surface area contributed by atoms with Gasteiger partial charge in [-0.3, -0.25) is 9.78 Å². The normalized spacial score (nSPS) is 11.1. The molecular formula is C23H23FN2O2. The van der Waals surface area contributed by atoms with Crippen LogP contribution in [0.2, 0.25) is 0 Å². The number of hydrogen-bond acceptors (Lipinski definition) is 3. The van der Waals surface area contributed by atoms with E-state index in [4.69, 9.17) is 4.74 Å². The lowest BCUT2D eigenvalue weighted by atomic mass is 10.1. The number of amides is 1. The van der Waals surface area contributed by atoms with Crippen LogP contribution in [0.5, 0.6) is 5.75 Å².